The molecule has 1 unspecified atom stereocenters. The van der Waals surface area contributed by atoms with Crippen LogP contribution in [0.15, 0.2) is 66.7 Å². The molecule has 0 radical (unpaired) electrons. The molecule has 2 aromatic heterocycles. The summed E-state index contributed by atoms with van der Waals surface area (Å²) in [5, 5.41) is 3.12. The second-order valence-electron chi connectivity index (χ2n) is 6.85. The highest BCUT2D eigenvalue weighted by Gasteiger charge is 2.37. The first-order chi connectivity index (χ1) is 12.9. The Hall–Kier alpha value is -3.08. The van der Waals surface area contributed by atoms with Crippen molar-refractivity contribution in [3.63, 3.8) is 0 Å². The number of imidazole rings is 1. The zero-order chi connectivity index (χ0) is 18.8. The van der Waals surface area contributed by atoms with E-state index in [1.54, 1.807) is 12.1 Å². The molecule has 0 bridgehead atoms. The highest BCUT2D eigenvalue weighted by atomic mass is 19.4. The molecule has 2 heterocycles. The summed E-state index contributed by atoms with van der Waals surface area (Å²) in [5.41, 5.74) is 3.32. The van der Waals surface area contributed by atoms with Gasteiger partial charge in [0.15, 0.2) is 0 Å². The van der Waals surface area contributed by atoms with Crippen molar-refractivity contribution in [2.24, 2.45) is 0 Å². The van der Waals surface area contributed by atoms with E-state index < -0.39 is 12.1 Å². The lowest BCUT2D eigenvalue weighted by Crippen LogP contribution is -2.17. The first-order valence-electron chi connectivity index (χ1n) is 8.73. The number of alkyl halides is 3. The van der Waals surface area contributed by atoms with Gasteiger partial charge in [0, 0.05) is 10.8 Å². The average molecular weight is 364 g/mol. The molecule has 0 N–H and O–H groups in total. The first kappa shape index (κ1) is 16.1. The van der Waals surface area contributed by atoms with Gasteiger partial charge in [-0.2, -0.15) is 13.2 Å². The quantitative estimate of drug-likeness (QED) is 0.312. The number of halogens is 3. The number of hydrogen-bond donors (Lipinski definition) is 0. The number of benzene rings is 3. The van der Waals surface area contributed by atoms with Crippen LogP contribution in [0.25, 0.3) is 38.4 Å². The van der Waals surface area contributed by atoms with Crippen LogP contribution in [0.1, 0.15) is 18.4 Å². The van der Waals surface area contributed by atoms with Crippen LogP contribution in [0.3, 0.4) is 0 Å². The van der Waals surface area contributed by atoms with Gasteiger partial charge in [0.1, 0.15) is 5.65 Å². The highest BCUT2D eigenvalue weighted by Crippen LogP contribution is 2.37. The fourth-order valence-electron chi connectivity index (χ4n) is 3.78. The second kappa shape index (κ2) is 5.46. The van der Waals surface area contributed by atoms with Crippen molar-refractivity contribution < 1.29 is 13.2 Å². The van der Waals surface area contributed by atoms with Crippen molar-refractivity contribution >= 4 is 38.4 Å². The minimum atomic E-state index is -4.27. The monoisotopic (exact) mass is 364 g/mol. The summed E-state index contributed by atoms with van der Waals surface area (Å²) in [4.78, 5) is 4.74. The van der Waals surface area contributed by atoms with E-state index in [1.807, 2.05) is 52.9 Å². The third-order valence-electron chi connectivity index (χ3n) is 5.27. The van der Waals surface area contributed by atoms with E-state index in [2.05, 4.69) is 0 Å². The lowest BCUT2D eigenvalue weighted by Gasteiger charge is -2.16. The van der Waals surface area contributed by atoms with Crippen molar-refractivity contribution in [2.45, 2.75) is 19.0 Å². The molecule has 5 rings (SSSR count). The van der Waals surface area contributed by atoms with Gasteiger partial charge in [-0.25, -0.2) is 4.98 Å². The lowest BCUT2D eigenvalue weighted by molar-refractivity contribution is -0.146. The van der Waals surface area contributed by atoms with Crippen molar-refractivity contribution in [3.8, 4) is 0 Å². The van der Waals surface area contributed by atoms with E-state index in [0.29, 0.717) is 11.0 Å². The Morgan fingerprint density at radius 3 is 2.22 bits per heavy atom. The van der Waals surface area contributed by atoms with Crippen LogP contribution in [0.5, 0.6) is 0 Å². The third kappa shape index (κ3) is 2.31. The van der Waals surface area contributed by atoms with Gasteiger partial charge in [-0.3, -0.25) is 4.40 Å². The molecule has 0 aliphatic rings. The fraction of sp³-hybridized carbons (Fsp3) is 0.136. The number of aromatic nitrogens is 2. The Kier molecular flexibility index (Phi) is 3.26. The minimum absolute atomic E-state index is 0.244. The topological polar surface area (TPSA) is 17.3 Å². The molecule has 0 aliphatic heterocycles. The van der Waals surface area contributed by atoms with E-state index in [0.717, 1.165) is 27.3 Å². The molecule has 3 aromatic carbocycles. The van der Waals surface area contributed by atoms with E-state index in [1.165, 1.54) is 13.0 Å². The minimum Gasteiger partial charge on any atom is -0.292 e. The maximum atomic E-state index is 13.2. The van der Waals surface area contributed by atoms with E-state index in [-0.39, 0.29) is 5.56 Å². The molecule has 0 spiro atoms. The molecular formula is C22H15F3N2. The molecule has 5 aromatic rings. The van der Waals surface area contributed by atoms with Gasteiger partial charge in [0.2, 0.25) is 0 Å². The maximum Gasteiger partial charge on any atom is 0.395 e. The third-order valence-corrected chi connectivity index (χ3v) is 5.27. The number of nitrogens with zero attached hydrogens (tertiary/aromatic N) is 2. The zero-order valence-electron chi connectivity index (χ0n) is 14.5. The normalized spacial score (nSPS) is 13.8. The molecule has 27 heavy (non-hydrogen) atoms. The van der Waals surface area contributed by atoms with E-state index >= 15 is 0 Å². The van der Waals surface area contributed by atoms with E-state index in [4.69, 9.17) is 4.98 Å². The maximum absolute atomic E-state index is 13.2. The largest absolute Gasteiger partial charge is 0.395 e. The van der Waals surface area contributed by atoms with Crippen LogP contribution in [-0.4, -0.2) is 15.6 Å². The van der Waals surface area contributed by atoms with Gasteiger partial charge in [0.05, 0.1) is 22.5 Å². The number of para-hydroxylation sites is 1. The predicted molar refractivity (Wildman–Crippen MR) is 102 cm³/mol. The summed E-state index contributed by atoms with van der Waals surface area (Å²) in [6, 6.07) is 20.7. The van der Waals surface area contributed by atoms with Gasteiger partial charge in [-0.1, -0.05) is 48.5 Å². The highest BCUT2D eigenvalue weighted by molar-refractivity contribution is 6.13. The zero-order valence-corrected chi connectivity index (χ0v) is 14.5. The molecule has 134 valence electrons. The van der Waals surface area contributed by atoms with Crippen LogP contribution in [0, 0.1) is 0 Å². The molecule has 0 saturated heterocycles. The molecule has 5 heteroatoms. The number of fused-ring (bicyclic) bond motifs is 8. The van der Waals surface area contributed by atoms with Gasteiger partial charge < -0.3 is 0 Å². The Balaban J connectivity index is 1.97. The average Bonchev–Trinajstić information content (AvgIpc) is 3.06. The first-order valence-corrected chi connectivity index (χ1v) is 8.73. The number of pyridine rings is 1. The molecule has 0 saturated carbocycles. The van der Waals surface area contributed by atoms with Gasteiger partial charge in [-0.15, -0.1) is 0 Å². The Labute approximate surface area is 152 Å². The lowest BCUT2D eigenvalue weighted by atomic mass is 10.00. The number of hydrogen-bond acceptors (Lipinski definition) is 1. The van der Waals surface area contributed by atoms with Gasteiger partial charge >= 0.3 is 6.18 Å². The standard InChI is InChI=1S/C22H15F3N2/c1-13(22(23,24)25)14-10-11-18-20(12-14)27-19-9-5-4-7-16(19)15-6-2-3-8-17(15)21(27)26-18/h2-13H,1H3. The summed E-state index contributed by atoms with van der Waals surface area (Å²) < 4.78 is 41.6. The van der Waals surface area contributed by atoms with Crippen LogP contribution in [-0.2, 0) is 0 Å². The molecular weight excluding hydrogens is 349 g/mol. The van der Waals surface area contributed by atoms with Crippen molar-refractivity contribution in [2.75, 3.05) is 0 Å². The van der Waals surface area contributed by atoms with Crippen molar-refractivity contribution in [1.29, 1.82) is 0 Å². The van der Waals surface area contributed by atoms with Crippen LogP contribution in [0.2, 0.25) is 0 Å². The second-order valence-corrected chi connectivity index (χ2v) is 6.85. The molecule has 0 fully saturated rings. The molecule has 2 nitrogen and oxygen atoms in total. The summed E-state index contributed by atoms with van der Waals surface area (Å²) in [5.74, 6) is -1.53. The van der Waals surface area contributed by atoms with Crippen LogP contribution >= 0.6 is 0 Å². The number of rotatable bonds is 1. The van der Waals surface area contributed by atoms with Crippen LogP contribution < -0.4 is 0 Å². The van der Waals surface area contributed by atoms with E-state index in [9.17, 15) is 13.2 Å². The molecule has 1 atom stereocenters. The Morgan fingerprint density at radius 2 is 1.48 bits per heavy atom. The SMILES string of the molecule is CC(c1ccc2nc3c4ccccc4c4ccccc4n3c2c1)C(F)(F)F. The summed E-state index contributed by atoms with van der Waals surface area (Å²) >= 11 is 0. The predicted octanol–water partition coefficient (Wildman–Crippen LogP) is 6.46. The Morgan fingerprint density at radius 1 is 0.815 bits per heavy atom. The fourth-order valence-corrected chi connectivity index (χ4v) is 3.78. The summed E-state index contributed by atoms with van der Waals surface area (Å²) in [6.45, 7) is 1.19. The van der Waals surface area contributed by atoms with Gasteiger partial charge in [-0.05, 0) is 36.1 Å². The van der Waals surface area contributed by atoms with Gasteiger partial charge in [0.25, 0.3) is 0 Å². The van der Waals surface area contributed by atoms with Crippen molar-refractivity contribution in [3.05, 3.63) is 72.3 Å². The summed E-state index contributed by atoms with van der Waals surface area (Å²) in [7, 11) is 0. The summed E-state index contributed by atoms with van der Waals surface area (Å²) in [6.07, 6.45) is -4.27. The Bertz CT molecular complexity index is 1330. The smallest absolute Gasteiger partial charge is 0.292 e. The van der Waals surface area contributed by atoms with Crippen molar-refractivity contribution in [1.82, 2.24) is 9.38 Å². The molecule has 0 aliphatic carbocycles. The van der Waals surface area contributed by atoms with Crippen LogP contribution in [0.4, 0.5) is 13.2 Å². The molecule has 0 amide bonds.